The van der Waals surface area contributed by atoms with Gasteiger partial charge in [0.05, 0.1) is 12.2 Å². The molecule has 2 aromatic carbocycles. The molecule has 0 unspecified atom stereocenters. The zero-order valence-electron chi connectivity index (χ0n) is 10.3. The van der Waals surface area contributed by atoms with Gasteiger partial charge in [-0.05, 0) is 35.7 Å². The Morgan fingerprint density at radius 2 is 1.94 bits per heavy atom. The van der Waals surface area contributed by atoms with E-state index in [1.165, 1.54) is 0 Å². The summed E-state index contributed by atoms with van der Waals surface area (Å²) in [7, 11) is 0. The van der Waals surface area contributed by atoms with Crippen LogP contribution in [0.3, 0.4) is 0 Å². The second-order valence-electron chi connectivity index (χ2n) is 4.13. The molecule has 0 amide bonds. The number of benzene rings is 2. The quantitative estimate of drug-likeness (QED) is 0.449. The number of carbonyl (C=O) groups excluding carboxylic acids is 1. The third-order valence-electron chi connectivity index (χ3n) is 2.77. The van der Waals surface area contributed by atoms with Crippen LogP contribution < -0.4 is 0 Å². The van der Waals surface area contributed by atoms with Crippen molar-refractivity contribution in [1.82, 2.24) is 0 Å². The summed E-state index contributed by atoms with van der Waals surface area (Å²) in [4.78, 5) is 11.8. The van der Waals surface area contributed by atoms with Crippen LogP contribution in [0.15, 0.2) is 55.1 Å². The fraction of sp³-hybridized carbons (Fsp3) is 0.188. The Morgan fingerprint density at radius 1 is 1.17 bits per heavy atom. The van der Waals surface area contributed by atoms with Crippen LogP contribution in [0, 0.1) is 0 Å². The first-order valence-corrected chi connectivity index (χ1v) is 6.08. The molecule has 0 heterocycles. The number of fused-ring (bicyclic) bond motifs is 1. The van der Waals surface area contributed by atoms with Gasteiger partial charge >= 0.3 is 5.97 Å². The molecule has 0 saturated heterocycles. The molecule has 2 rings (SSSR count). The van der Waals surface area contributed by atoms with Crippen LogP contribution in [-0.2, 0) is 4.74 Å². The smallest absolute Gasteiger partial charge is 0.338 e. The van der Waals surface area contributed by atoms with Crippen molar-refractivity contribution in [2.75, 3.05) is 6.61 Å². The first kappa shape index (κ1) is 12.4. The van der Waals surface area contributed by atoms with Crippen molar-refractivity contribution < 1.29 is 9.53 Å². The fourth-order valence-electron chi connectivity index (χ4n) is 1.79. The first-order chi connectivity index (χ1) is 8.81. The van der Waals surface area contributed by atoms with Gasteiger partial charge in [-0.3, -0.25) is 0 Å². The van der Waals surface area contributed by atoms with Crippen molar-refractivity contribution in [1.29, 1.82) is 0 Å². The van der Waals surface area contributed by atoms with Crippen molar-refractivity contribution in [3.63, 3.8) is 0 Å². The molecule has 0 aliphatic rings. The second kappa shape index (κ2) is 6.01. The molecule has 0 radical (unpaired) electrons. The highest BCUT2D eigenvalue weighted by Gasteiger charge is 2.07. The monoisotopic (exact) mass is 240 g/mol. The molecule has 0 aromatic heterocycles. The van der Waals surface area contributed by atoms with E-state index in [0.717, 1.165) is 23.6 Å². The predicted octanol–water partition coefficient (Wildman–Crippen LogP) is 3.96. The zero-order valence-corrected chi connectivity index (χ0v) is 10.3. The molecule has 0 spiro atoms. The topological polar surface area (TPSA) is 26.3 Å². The Bertz CT molecular complexity index is 558. The number of rotatable bonds is 5. The van der Waals surface area contributed by atoms with E-state index in [0.29, 0.717) is 12.2 Å². The Labute approximate surface area is 107 Å². The molecule has 2 heteroatoms. The van der Waals surface area contributed by atoms with E-state index >= 15 is 0 Å². The Kier molecular flexibility index (Phi) is 4.13. The minimum atomic E-state index is -0.259. The van der Waals surface area contributed by atoms with Crippen molar-refractivity contribution in [2.24, 2.45) is 0 Å². The Balaban J connectivity index is 2.06. The summed E-state index contributed by atoms with van der Waals surface area (Å²) < 4.78 is 5.19. The van der Waals surface area contributed by atoms with Crippen LogP contribution in [0.2, 0.25) is 0 Å². The zero-order chi connectivity index (χ0) is 12.8. The molecular weight excluding hydrogens is 224 g/mol. The molecular formula is C16H16O2. The van der Waals surface area contributed by atoms with E-state index in [2.05, 4.69) is 6.58 Å². The number of unbranched alkanes of at least 4 members (excludes halogenated alkanes) is 1. The van der Waals surface area contributed by atoms with E-state index in [1.807, 2.05) is 42.5 Å². The molecule has 2 aromatic rings. The average molecular weight is 240 g/mol. The number of hydrogen-bond acceptors (Lipinski definition) is 2. The summed E-state index contributed by atoms with van der Waals surface area (Å²) in [6.07, 6.45) is 3.51. The van der Waals surface area contributed by atoms with Crippen LogP contribution in [0.1, 0.15) is 23.2 Å². The summed E-state index contributed by atoms with van der Waals surface area (Å²) in [6.45, 7) is 4.07. The summed E-state index contributed by atoms with van der Waals surface area (Å²) >= 11 is 0. The van der Waals surface area contributed by atoms with E-state index in [1.54, 1.807) is 6.07 Å². The van der Waals surface area contributed by atoms with Crippen LogP contribution in [-0.4, -0.2) is 12.6 Å². The van der Waals surface area contributed by atoms with Gasteiger partial charge in [-0.25, -0.2) is 4.79 Å². The van der Waals surface area contributed by atoms with Gasteiger partial charge in [-0.2, -0.15) is 0 Å². The molecule has 0 aliphatic carbocycles. The molecule has 0 atom stereocenters. The van der Waals surface area contributed by atoms with Crippen molar-refractivity contribution in [3.05, 3.63) is 60.7 Å². The minimum absolute atomic E-state index is 0.259. The maximum absolute atomic E-state index is 11.8. The lowest BCUT2D eigenvalue weighted by molar-refractivity contribution is 0.0501. The first-order valence-electron chi connectivity index (χ1n) is 6.08. The summed E-state index contributed by atoms with van der Waals surface area (Å²) in [5, 5.41) is 2.18. The van der Waals surface area contributed by atoms with E-state index in [4.69, 9.17) is 4.74 Å². The third kappa shape index (κ3) is 2.98. The van der Waals surface area contributed by atoms with Crippen molar-refractivity contribution in [2.45, 2.75) is 12.8 Å². The number of carbonyl (C=O) groups is 1. The SMILES string of the molecule is C=CCCCOC(=O)c1ccc2ccccc2c1. The number of esters is 1. The number of ether oxygens (including phenoxy) is 1. The standard InChI is InChI=1S/C16H16O2/c1-2-3-6-11-18-16(17)15-10-9-13-7-4-5-8-14(13)12-15/h2,4-5,7-10,12H,1,3,6,11H2. The summed E-state index contributed by atoms with van der Waals surface area (Å²) in [5.74, 6) is -0.259. The predicted molar refractivity (Wildman–Crippen MR) is 73.7 cm³/mol. The lowest BCUT2D eigenvalue weighted by Crippen LogP contribution is -2.06. The van der Waals surface area contributed by atoms with Crippen molar-refractivity contribution in [3.8, 4) is 0 Å². The van der Waals surface area contributed by atoms with E-state index in [-0.39, 0.29) is 5.97 Å². The molecule has 0 fully saturated rings. The summed E-state index contributed by atoms with van der Waals surface area (Å²) in [6, 6.07) is 13.6. The maximum Gasteiger partial charge on any atom is 0.338 e. The number of allylic oxidation sites excluding steroid dienone is 1. The minimum Gasteiger partial charge on any atom is -0.462 e. The highest BCUT2D eigenvalue weighted by molar-refractivity contribution is 5.95. The largest absolute Gasteiger partial charge is 0.462 e. The second-order valence-corrected chi connectivity index (χ2v) is 4.13. The highest BCUT2D eigenvalue weighted by Crippen LogP contribution is 2.16. The molecule has 0 bridgehead atoms. The Hall–Kier alpha value is -2.09. The molecule has 0 saturated carbocycles. The van der Waals surface area contributed by atoms with Gasteiger partial charge in [-0.15, -0.1) is 6.58 Å². The van der Waals surface area contributed by atoms with Gasteiger partial charge in [0.2, 0.25) is 0 Å². The van der Waals surface area contributed by atoms with Gasteiger partial charge in [-0.1, -0.05) is 36.4 Å². The van der Waals surface area contributed by atoms with Crippen LogP contribution >= 0.6 is 0 Å². The third-order valence-corrected chi connectivity index (χ3v) is 2.77. The summed E-state index contributed by atoms with van der Waals surface area (Å²) in [5.41, 5.74) is 0.604. The van der Waals surface area contributed by atoms with Gasteiger partial charge in [0.25, 0.3) is 0 Å². The van der Waals surface area contributed by atoms with Crippen molar-refractivity contribution >= 4 is 16.7 Å². The molecule has 2 nitrogen and oxygen atoms in total. The van der Waals surface area contributed by atoms with Gasteiger partial charge in [0.1, 0.15) is 0 Å². The van der Waals surface area contributed by atoms with E-state index < -0.39 is 0 Å². The van der Waals surface area contributed by atoms with Gasteiger partial charge < -0.3 is 4.74 Å². The van der Waals surface area contributed by atoms with Crippen LogP contribution in [0.25, 0.3) is 10.8 Å². The average Bonchev–Trinajstić information content (AvgIpc) is 2.43. The lowest BCUT2D eigenvalue weighted by Gasteiger charge is -2.05. The fourth-order valence-corrected chi connectivity index (χ4v) is 1.79. The van der Waals surface area contributed by atoms with Crippen LogP contribution in [0.4, 0.5) is 0 Å². The lowest BCUT2D eigenvalue weighted by atomic mass is 10.1. The maximum atomic E-state index is 11.8. The highest BCUT2D eigenvalue weighted by atomic mass is 16.5. The molecule has 0 aliphatic heterocycles. The normalized spacial score (nSPS) is 10.2. The number of hydrogen-bond donors (Lipinski definition) is 0. The van der Waals surface area contributed by atoms with Gasteiger partial charge in [0, 0.05) is 0 Å². The van der Waals surface area contributed by atoms with Crippen LogP contribution in [0.5, 0.6) is 0 Å². The van der Waals surface area contributed by atoms with Gasteiger partial charge in [0.15, 0.2) is 0 Å². The molecule has 92 valence electrons. The Morgan fingerprint density at radius 3 is 2.72 bits per heavy atom. The molecule has 18 heavy (non-hydrogen) atoms. The van der Waals surface area contributed by atoms with E-state index in [9.17, 15) is 4.79 Å². The molecule has 0 N–H and O–H groups in total.